The molecule has 0 bridgehead atoms. The van der Waals surface area contributed by atoms with Crippen LogP contribution in [0.4, 0.5) is 0 Å². The predicted molar refractivity (Wildman–Crippen MR) is 70.0 cm³/mol. The molecule has 0 aromatic heterocycles. The average Bonchev–Trinajstić information content (AvgIpc) is 2.35. The zero-order chi connectivity index (χ0) is 14.0. The van der Waals surface area contributed by atoms with Gasteiger partial charge in [0.1, 0.15) is 0 Å². The van der Waals surface area contributed by atoms with E-state index in [-0.39, 0.29) is 5.75 Å². The van der Waals surface area contributed by atoms with Crippen LogP contribution in [0.15, 0.2) is 0 Å². The second kappa shape index (κ2) is 9.33. The minimum atomic E-state index is -3.50. The van der Waals surface area contributed by atoms with Gasteiger partial charge < -0.3 is 0 Å². The summed E-state index contributed by atoms with van der Waals surface area (Å²) in [5.74, 6) is -1.14. The van der Waals surface area contributed by atoms with Crippen LogP contribution in [0, 0.1) is 0 Å². The molecular formula is C12H24O5S. The summed E-state index contributed by atoms with van der Waals surface area (Å²) in [5.41, 5.74) is 0. The van der Waals surface area contributed by atoms with E-state index in [9.17, 15) is 13.2 Å². The van der Waals surface area contributed by atoms with Crippen molar-refractivity contribution in [2.24, 2.45) is 0 Å². The van der Waals surface area contributed by atoms with Crippen molar-refractivity contribution in [1.29, 1.82) is 0 Å². The van der Waals surface area contributed by atoms with E-state index >= 15 is 0 Å². The molecule has 0 heterocycles. The highest BCUT2D eigenvalue weighted by Crippen LogP contribution is 2.11. The number of hydrogen-bond donors (Lipinski definition) is 1. The van der Waals surface area contributed by atoms with E-state index in [1.807, 2.05) is 0 Å². The Bertz CT molecular complexity index is 323. The van der Waals surface area contributed by atoms with Crippen LogP contribution in [0.5, 0.6) is 0 Å². The van der Waals surface area contributed by atoms with Crippen LogP contribution in [0.1, 0.15) is 58.8 Å². The monoisotopic (exact) mass is 280 g/mol. The minimum Gasteiger partial charge on any atom is -0.300 e. The molecular weight excluding hydrogens is 256 g/mol. The molecule has 5 nitrogen and oxygen atoms in total. The number of hydrogen-bond acceptors (Lipinski definition) is 5. The van der Waals surface area contributed by atoms with Gasteiger partial charge >= 0.3 is 5.97 Å². The Morgan fingerprint density at radius 3 is 2.11 bits per heavy atom. The van der Waals surface area contributed by atoms with Gasteiger partial charge in [0.25, 0.3) is 0 Å². The minimum absolute atomic E-state index is 0.0307. The van der Waals surface area contributed by atoms with E-state index in [0.717, 1.165) is 19.3 Å². The summed E-state index contributed by atoms with van der Waals surface area (Å²) in [5, 5.41) is 6.86. The van der Waals surface area contributed by atoms with Crippen molar-refractivity contribution < 1.29 is 23.4 Å². The molecule has 0 fully saturated rings. The van der Waals surface area contributed by atoms with E-state index in [1.54, 1.807) is 0 Å². The third-order valence-electron chi connectivity index (χ3n) is 2.99. The third-order valence-corrected chi connectivity index (χ3v) is 5.12. The van der Waals surface area contributed by atoms with Gasteiger partial charge in [0, 0.05) is 0 Å². The fourth-order valence-corrected chi connectivity index (χ4v) is 2.95. The Kier molecular flexibility index (Phi) is 9.01. The summed E-state index contributed by atoms with van der Waals surface area (Å²) in [6, 6.07) is 0. The lowest BCUT2D eigenvalue weighted by atomic mass is 10.1. The Hall–Kier alpha value is -0.620. The van der Waals surface area contributed by atoms with Crippen LogP contribution in [-0.4, -0.2) is 30.6 Å². The molecule has 108 valence electrons. The maximum Gasteiger partial charge on any atom is 0.359 e. The average molecular weight is 280 g/mol. The Morgan fingerprint density at radius 2 is 1.61 bits per heavy atom. The molecule has 0 unspecified atom stereocenters. The molecule has 0 radical (unpaired) electrons. The van der Waals surface area contributed by atoms with Crippen LogP contribution < -0.4 is 0 Å². The molecule has 0 aromatic carbocycles. The van der Waals surface area contributed by atoms with Gasteiger partial charge in [-0.05, 0) is 13.3 Å². The van der Waals surface area contributed by atoms with E-state index in [4.69, 9.17) is 5.26 Å². The largest absolute Gasteiger partial charge is 0.359 e. The number of sulfone groups is 1. The maximum absolute atomic E-state index is 11.7. The van der Waals surface area contributed by atoms with Gasteiger partial charge in [-0.15, -0.1) is 0 Å². The van der Waals surface area contributed by atoms with Gasteiger partial charge in [0.2, 0.25) is 0 Å². The summed E-state index contributed by atoms with van der Waals surface area (Å²) in [6.07, 6.45) is 7.15. The van der Waals surface area contributed by atoms with Crippen molar-refractivity contribution in [3.63, 3.8) is 0 Å². The van der Waals surface area contributed by atoms with Crippen molar-refractivity contribution in [2.75, 3.05) is 5.75 Å². The van der Waals surface area contributed by atoms with Gasteiger partial charge in [-0.1, -0.05) is 45.4 Å². The Labute approximate surface area is 109 Å². The first-order valence-corrected chi connectivity index (χ1v) is 8.24. The van der Waals surface area contributed by atoms with Gasteiger partial charge in [0.15, 0.2) is 15.1 Å². The summed E-state index contributed by atoms with van der Waals surface area (Å²) < 4.78 is 23.3. The third kappa shape index (κ3) is 6.96. The number of rotatable bonds is 10. The molecule has 1 atom stereocenters. The van der Waals surface area contributed by atoms with Crippen LogP contribution in [0.2, 0.25) is 0 Å². The van der Waals surface area contributed by atoms with Crippen LogP contribution >= 0.6 is 0 Å². The standard InChI is InChI=1S/C12H24O5S/c1-3-4-5-6-7-8-9-10-18(15,16)11(2)12(13)17-14/h11,14H,3-10H2,1-2H3/t11-/m0/s1. The maximum atomic E-state index is 11.7. The van der Waals surface area contributed by atoms with Crippen LogP contribution in [0.25, 0.3) is 0 Å². The van der Waals surface area contributed by atoms with E-state index < -0.39 is 21.1 Å². The highest BCUT2D eigenvalue weighted by molar-refractivity contribution is 7.92. The summed E-state index contributed by atoms with van der Waals surface area (Å²) in [4.78, 5) is 14.4. The van der Waals surface area contributed by atoms with E-state index in [1.165, 1.54) is 26.2 Å². The number of carbonyl (C=O) groups is 1. The van der Waals surface area contributed by atoms with E-state index in [0.29, 0.717) is 6.42 Å². The van der Waals surface area contributed by atoms with Gasteiger partial charge in [-0.25, -0.2) is 13.2 Å². The van der Waals surface area contributed by atoms with Gasteiger partial charge in [-0.3, -0.25) is 4.89 Å². The molecule has 0 rings (SSSR count). The van der Waals surface area contributed by atoms with Crippen molar-refractivity contribution >= 4 is 15.8 Å². The quantitative estimate of drug-likeness (QED) is 0.378. The zero-order valence-electron chi connectivity index (χ0n) is 11.2. The molecule has 0 saturated heterocycles. The Morgan fingerprint density at radius 1 is 1.11 bits per heavy atom. The van der Waals surface area contributed by atoms with Crippen LogP contribution in [-0.2, 0) is 19.5 Å². The van der Waals surface area contributed by atoms with Crippen molar-refractivity contribution in [1.82, 2.24) is 0 Å². The predicted octanol–water partition coefficient (Wildman–Crippen LogP) is 2.56. The highest BCUT2D eigenvalue weighted by Gasteiger charge is 2.29. The smallest absolute Gasteiger partial charge is 0.300 e. The normalized spacial score (nSPS) is 13.3. The molecule has 6 heteroatoms. The molecule has 0 aliphatic rings. The first kappa shape index (κ1) is 17.4. The van der Waals surface area contributed by atoms with Gasteiger partial charge in [0.05, 0.1) is 5.75 Å². The van der Waals surface area contributed by atoms with E-state index in [2.05, 4.69) is 11.8 Å². The first-order chi connectivity index (χ1) is 8.45. The first-order valence-electron chi connectivity index (χ1n) is 6.52. The number of carbonyl (C=O) groups excluding carboxylic acids is 1. The second-order valence-corrected chi connectivity index (χ2v) is 6.98. The molecule has 0 amide bonds. The lowest BCUT2D eigenvalue weighted by Gasteiger charge is -2.09. The highest BCUT2D eigenvalue weighted by atomic mass is 32.2. The lowest BCUT2D eigenvalue weighted by molar-refractivity contribution is -0.233. The zero-order valence-corrected chi connectivity index (χ0v) is 12.0. The van der Waals surface area contributed by atoms with Crippen molar-refractivity contribution in [3.05, 3.63) is 0 Å². The van der Waals surface area contributed by atoms with Crippen molar-refractivity contribution in [3.8, 4) is 0 Å². The van der Waals surface area contributed by atoms with Crippen molar-refractivity contribution in [2.45, 2.75) is 64.0 Å². The Balaban J connectivity index is 3.81. The number of unbranched alkanes of at least 4 members (excludes halogenated alkanes) is 6. The fourth-order valence-electron chi connectivity index (χ4n) is 1.66. The topological polar surface area (TPSA) is 80.7 Å². The molecule has 0 aromatic rings. The van der Waals surface area contributed by atoms with Crippen LogP contribution in [0.3, 0.4) is 0 Å². The summed E-state index contributed by atoms with van der Waals surface area (Å²) in [7, 11) is -3.50. The molecule has 0 aliphatic heterocycles. The summed E-state index contributed by atoms with van der Waals surface area (Å²) in [6.45, 7) is 3.38. The summed E-state index contributed by atoms with van der Waals surface area (Å²) >= 11 is 0. The molecule has 18 heavy (non-hydrogen) atoms. The SMILES string of the molecule is CCCCCCCCCS(=O)(=O)[C@@H](C)C(=O)OO. The molecule has 0 saturated carbocycles. The lowest BCUT2D eigenvalue weighted by Crippen LogP contribution is -2.30. The fraction of sp³-hybridized carbons (Fsp3) is 0.917. The molecule has 0 aliphatic carbocycles. The molecule has 1 N–H and O–H groups in total. The molecule has 0 spiro atoms. The van der Waals surface area contributed by atoms with Gasteiger partial charge in [-0.2, -0.15) is 5.26 Å². The second-order valence-electron chi connectivity index (χ2n) is 4.54.